The highest BCUT2D eigenvalue weighted by Gasteiger charge is 2.29. The van der Waals surface area contributed by atoms with Crippen LogP contribution in [0.15, 0.2) is 48.5 Å². The molecule has 7 aromatic rings. The summed E-state index contributed by atoms with van der Waals surface area (Å²) in [6.07, 6.45) is 8.16. The molecule has 320 valence electrons. The summed E-state index contributed by atoms with van der Waals surface area (Å²) in [5.74, 6) is 3.24. The van der Waals surface area contributed by atoms with Crippen LogP contribution in [0, 0.1) is 30.6 Å². The van der Waals surface area contributed by atoms with Crippen molar-refractivity contribution in [1.82, 2.24) is 14.5 Å². The van der Waals surface area contributed by atoms with Crippen LogP contribution in [0.1, 0.15) is 118 Å². The first-order chi connectivity index (χ1) is 29.1. The van der Waals surface area contributed by atoms with Gasteiger partial charge in [0, 0.05) is 52.2 Å². The highest BCUT2D eigenvalue weighted by molar-refractivity contribution is 6.39. The van der Waals surface area contributed by atoms with Gasteiger partial charge in [-0.15, -0.1) is 0 Å². The molecule has 0 radical (unpaired) electrons. The number of aromatic nitrogens is 2. The van der Waals surface area contributed by atoms with Crippen LogP contribution >= 0.6 is 0 Å². The summed E-state index contributed by atoms with van der Waals surface area (Å²) in [6, 6.07) is 16.6. The lowest BCUT2D eigenvalue weighted by atomic mass is 9.83. The Kier molecular flexibility index (Phi) is 12.7. The molecule has 0 saturated heterocycles. The molecule has 0 atom stereocenters. The molecule has 0 aliphatic carbocycles. The number of nitrogens with zero attached hydrogens (tertiary/aromatic N) is 3. The maximum atomic E-state index is 14.0. The van der Waals surface area contributed by atoms with Gasteiger partial charge in [0.25, 0.3) is 5.91 Å². The summed E-state index contributed by atoms with van der Waals surface area (Å²) in [6.45, 7) is 20.4. The fourth-order valence-corrected chi connectivity index (χ4v) is 9.08. The van der Waals surface area contributed by atoms with Gasteiger partial charge < -0.3 is 14.0 Å². The number of hydrogen-bond acceptors (Lipinski definition) is 6. The molecular weight excluding hydrogens is 759 g/mol. The van der Waals surface area contributed by atoms with Gasteiger partial charge in [-0.2, -0.15) is 0 Å². The predicted octanol–water partition coefficient (Wildman–Crippen LogP) is 12.7. The number of imide groups is 1. The minimum atomic E-state index is -0.414. The highest BCUT2D eigenvalue weighted by Crippen LogP contribution is 2.52. The van der Waals surface area contributed by atoms with Crippen LogP contribution < -0.4 is 9.47 Å². The number of carbonyl (C=O) groups excluding carboxylic acids is 3. The van der Waals surface area contributed by atoms with Gasteiger partial charge in [-0.3, -0.25) is 19.3 Å². The molecule has 6 aromatic carbocycles. The van der Waals surface area contributed by atoms with E-state index >= 15 is 0 Å². The second-order valence-electron chi connectivity index (χ2n) is 19.0. The smallest absolute Gasteiger partial charge is 0.260 e. The molecule has 1 aromatic heterocycles. The van der Waals surface area contributed by atoms with Gasteiger partial charge in [-0.25, -0.2) is 4.98 Å². The molecule has 0 aliphatic heterocycles. The number of ether oxygens (including phenoxy) is 2. The van der Waals surface area contributed by atoms with E-state index in [4.69, 9.17) is 14.5 Å². The van der Waals surface area contributed by atoms with Crippen molar-refractivity contribution >= 4 is 72.7 Å². The molecule has 0 spiro atoms. The fourth-order valence-electron chi connectivity index (χ4n) is 9.08. The van der Waals surface area contributed by atoms with E-state index in [2.05, 4.69) is 91.3 Å². The van der Waals surface area contributed by atoms with Crippen molar-refractivity contribution in [3.05, 3.63) is 76.3 Å². The Morgan fingerprint density at radius 3 is 1.82 bits per heavy atom. The molecular formula is C53H63N3O5. The van der Waals surface area contributed by atoms with Gasteiger partial charge in [-0.05, 0) is 113 Å². The number of aryl methyl sites for hydroxylation is 4. The lowest BCUT2D eigenvalue weighted by molar-refractivity contribution is -0.115. The second-order valence-corrected chi connectivity index (χ2v) is 19.0. The Bertz CT molecular complexity index is 2770. The van der Waals surface area contributed by atoms with Crippen molar-refractivity contribution in [2.45, 2.75) is 101 Å². The van der Waals surface area contributed by atoms with Crippen LogP contribution in [0.4, 0.5) is 0 Å². The minimum Gasteiger partial charge on any atom is -0.493 e. The normalized spacial score (nSPS) is 12.2. The Morgan fingerprint density at radius 2 is 1.26 bits per heavy atom. The van der Waals surface area contributed by atoms with E-state index in [1.165, 1.54) is 31.0 Å². The molecule has 0 aliphatic rings. The number of amides is 2. The van der Waals surface area contributed by atoms with Gasteiger partial charge >= 0.3 is 0 Å². The van der Waals surface area contributed by atoms with Crippen LogP contribution in [-0.4, -0.2) is 53.3 Å². The zero-order valence-electron chi connectivity index (χ0n) is 38.1. The van der Waals surface area contributed by atoms with Crippen molar-refractivity contribution < 1.29 is 23.9 Å². The number of carbonyl (C=O) groups is 3. The number of hydrogen-bond donors (Lipinski definition) is 0. The summed E-state index contributed by atoms with van der Waals surface area (Å²) in [4.78, 5) is 45.7. The SMILES string of the molecule is Cc1ccc2c3ccc(C=O)c4c(-c5nc6cc(CCCC(C)C)c(CCCC(C)C)cc6n5C)cc(OCC(C)C)c(c5c(OCC(C)C)cc(C(=O)N(C)C=O)c1c25)c43. The predicted molar refractivity (Wildman–Crippen MR) is 252 cm³/mol. The summed E-state index contributed by atoms with van der Waals surface area (Å²) >= 11 is 0. The van der Waals surface area contributed by atoms with Gasteiger partial charge in [-0.1, -0.05) is 92.5 Å². The van der Waals surface area contributed by atoms with E-state index in [1.54, 1.807) is 6.07 Å². The number of fused-ring (bicyclic) bond motifs is 3. The first-order valence-corrected chi connectivity index (χ1v) is 22.3. The lowest BCUT2D eigenvalue weighted by Crippen LogP contribution is -2.25. The van der Waals surface area contributed by atoms with Crippen LogP contribution in [0.2, 0.25) is 0 Å². The summed E-state index contributed by atoms with van der Waals surface area (Å²) in [7, 11) is 3.56. The van der Waals surface area contributed by atoms with Crippen molar-refractivity contribution in [2.75, 3.05) is 20.3 Å². The number of aldehydes is 1. The summed E-state index contributed by atoms with van der Waals surface area (Å²) in [5, 5.41) is 6.76. The first kappa shape index (κ1) is 43.6. The Balaban J connectivity index is 1.61. The topological polar surface area (TPSA) is 90.7 Å². The van der Waals surface area contributed by atoms with Gasteiger partial charge in [0.2, 0.25) is 6.41 Å². The van der Waals surface area contributed by atoms with Crippen LogP contribution in [0.5, 0.6) is 11.5 Å². The van der Waals surface area contributed by atoms with Gasteiger partial charge in [0.15, 0.2) is 6.29 Å². The third-order valence-electron chi connectivity index (χ3n) is 12.2. The third kappa shape index (κ3) is 8.30. The monoisotopic (exact) mass is 821 g/mol. The summed E-state index contributed by atoms with van der Waals surface area (Å²) < 4.78 is 15.8. The molecule has 2 amide bonds. The standard InChI is InChI=1S/C53H63N3O5/c1-30(2)14-12-16-35-22-42-43(23-36(35)17-13-15-31(3)4)56(11)52(54-42)40-24-44(60-27-32(5)6)51-49-39(21-19-37(26-57)47(40)49)38-20-18-34(9)46-41(53(59)55(10)29-58)25-45(50(51)48(38)46)61-28-33(7)8/h18-26,29-33H,12-17,27-28H2,1-11H3. The van der Waals surface area contributed by atoms with E-state index in [9.17, 15) is 14.4 Å². The Hall–Kier alpha value is -5.50. The average molecular weight is 822 g/mol. The molecule has 8 nitrogen and oxygen atoms in total. The third-order valence-corrected chi connectivity index (χ3v) is 12.2. The maximum Gasteiger partial charge on any atom is 0.260 e. The Morgan fingerprint density at radius 1 is 0.705 bits per heavy atom. The summed E-state index contributed by atoms with van der Waals surface area (Å²) in [5.41, 5.74) is 7.43. The van der Waals surface area contributed by atoms with E-state index in [-0.39, 0.29) is 11.8 Å². The fraction of sp³-hybridized carbons (Fsp3) is 0.434. The van der Waals surface area contributed by atoms with Crippen molar-refractivity contribution in [1.29, 1.82) is 0 Å². The van der Waals surface area contributed by atoms with Gasteiger partial charge in [0.05, 0.1) is 29.8 Å². The van der Waals surface area contributed by atoms with Crippen molar-refractivity contribution in [3.8, 4) is 22.9 Å². The maximum absolute atomic E-state index is 14.0. The molecule has 7 rings (SSSR count). The van der Waals surface area contributed by atoms with Crippen LogP contribution in [-0.2, 0) is 24.7 Å². The highest BCUT2D eigenvalue weighted by atomic mass is 16.5. The van der Waals surface area contributed by atoms with Gasteiger partial charge in [0.1, 0.15) is 17.3 Å². The largest absolute Gasteiger partial charge is 0.493 e. The number of imidazole rings is 1. The van der Waals surface area contributed by atoms with Crippen LogP contribution in [0.25, 0.3) is 65.5 Å². The molecule has 61 heavy (non-hydrogen) atoms. The Labute approximate surface area is 360 Å². The molecule has 1 heterocycles. The molecule has 0 unspecified atom stereocenters. The molecule has 0 fully saturated rings. The number of rotatable bonds is 18. The van der Waals surface area contributed by atoms with E-state index in [0.717, 1.165) is 108 Å². The average Bonchev–Trinajstić information content (AvgIpc) is 3.54. The quantitative estimate of drug-likeness (QED) is 0.0486. The lowest BCUT2D eigenvalue weighted by Gasteiger charge is -2.24. The zero-order valence-corrected chi connectivity index (χ0v) is 38.1. The van der Waals surface area contributed by atoms with Crippen molar-refractivity contribution in [2.24, 2.45) is 30.7 Å². The van der Waals surface area contributed by atoms with E-state index in [0.29, 0.717) is 54.1 Å². The number of benzene rings is 6. The van der Waals surface area contributed by atoms with E-state index in [1.807, 2.05) is 25.1 Å². The minimum absolute atomic E-state index is 0.192. The molecule has 0 bridgehead atoms. The molecule has 0 N–H and O–H groups in total. The van der Waals surface area contributed by atoms with Crippen LogP contribution in [0.3, 0.4) is 0 Å². The van der Waals surface area contributed by atoms with E-state index < -0.39 is 5.91 Å². The second kappa shape index (κ2) is 17.8. The molecule has 8 heteroatoms. The van der Waals surface area contributed by atoms with Crippen molar-refractivity contribution in [3.63, 3.8) is 0 Å². The first-order valence-electron chi connectivity index (χ1n) is 22.3. The zero-order chi connectivity index (χ0) is 43.9. The molecule has 0 saturated carbocycles.